The number of carbonyl (C=O) groups is 1. The van der Waals surface area contributed by atoms with E-state index in [0.29, 0.717) is 23.9 Å². The van der Waals surface area contributed by atoms with Gasteiger partial charge in [0.2, 0.25) is 10.0 Å². The van der Waals surface area contributed by atoms with Crippen LogP contribution in [0.1, 0.15) is 40.6 Å². The third kappa shape index (κ3) is 4.00. The number of aryl methyl sites for hydroxylation is 2. The fraction of sp³-hybridized carbons (Fsp3) is 0.421. The number of piperidine rings is 1. The molecule has 0 saturated carbocycles. The van der Waals surface area contributed by atoms with Gasteiger partial charge in [-0.1, -0.05) is 24.6 Å². The first-order valence-electron chi connectivity index (χ1n) is 8.74. The zero-order valence-corrected chi connectivity index (χ0v) is 16.9. The Morgan fingerprint density at radius 3 is 2.73 bits per heavy atom. The van der Waals surface area contributed by atoms with E-state index in [4.69, 9.17) is 0 Å². The number of thiophene rings is 1. The first-order valence-corrected chi connectivity index (χ1v) is 11.1. The van der Waals surface area contributed by atoms with Gasteiger partial charge in [-0.05, 0) is 50.3 Å². The molecular weight excluding hydrogens is 368 g/mol. The normalized spacial score (nSPS) is 18.7. The lowest BCUT2D eigenvalue weighted by Gasteiger charge is -2.29. The molecule has 1 aromatic carbocycles. The first kappa shape index (κ1) is 19.1. The van der Waals surface area contributed by atoms with Gasteiger partial charge in [-0.2, -0.15) is 4.31 Å². The summed E-state index contributed by atoms with van der Waals surface area (Å²) in [7, 11) is -3.53. The van der Waals surface area contributed by atoms with E-state index in [1.54, 1.807) is 5.38 Å². The Hall–Kier alpha value is -1.70. The van der Waals surface area contributed by atoms with Crippen molar-refractivity contribution in [3.05, 3.63) is 45.6 Å². The number of nitrogens with one attached hydrogen (secondary N) is 1. The van der Waals surface area contributed by atoms with Crippen LogP contribution in [0.5, 0.6) is 0 Å². The maximum Gasteiger partial charge on any atom is 0.265 e. The Morgan fingerprint density at radius 1 is 1.27 bits per heavy atom. The Labute approximate surface area is 159 Å². The number of amides is 1. The minimum atomic E-state index is -3.53. The number of hydrogen-bond acceptors (Lipinski definition) is 4. The lowest BCUT2D eigenvalue weighted by atomic mass is 10.0. The van der Waals surface area contributed by atoms with E-state index >= 15 is 0 Å². The standard InChI is InChI=1S/C19H24N2O3S2/c1-13-6-7-17(15(3)9-13)20-19(22)18-10-16(12-25-18)26(23,24)21-8-4-5-14(2)11-21/h6-7,9-10,12,14H,4-5,8,11H2,1-3H3,(H,20,22)/t14-/m1/s1. The van der Waals surface area contributed by atoms with Crippen LogP contribution in [0.25, 0.3) is 0 Å². The van der Waals surface area contributed by atoms with Crippen molar-refractivity contribution in [1.29, 1.82) is 0 Å². The van der Waals surface area contributed by atoms with Gasteiger partial charge in [0.15, 0.2) is 0 Å². The summed E-state index contributed by atoms with van der Waals surface area (Å²) in [6.07, 6.45) is 1.93. The van der Waals surface area contributed by atoms with Crippen LogP contribution in [0.3, 0.4) is 0 Å². The van der Waals surface area contributed by atoms with E-state index < -0.39 is 10.0 Å². The summed E-state index contributed by atoms with van der Waals surface area (Å²) in [6, 6.07) is 7.28. The third-order valence-corrected chi connectivity index (χ3v) is 7.61. The molecule has 5 nitrogen and oxygen atoms in total. The first-order chi connectivity index (χ1) is 12.3. The summed E-state index contributed by atoms with van der Waals surface area (Å²) in [5.41, 5.74) is 2.84. The molecule has 0 aliphatic carbocycles. The van der Waals surface area contributed by atoms with Crippen LogP contribution < -0.4 is 5.32 Å². The fourth-order valence-corrected chi connectivity index (χ4v) is 5.98. The summed E-state index contributed by atoms with van der Waals surface area (Å²) in [5, 5.41) is 4.43. The molecule has 26 heavy (non-hydrogen) atoms. The van der Waals surface area contributed by atoms with Crippen molar-refractivity contribution in [2.24, 2.45) is 5.92 Å². The number of carbonyl (C=O) groups excluding carboxylic acids is 1. The topological polar surface area (TPSA) is 66.5 Å². The Bertz CT molecular complexity index is 919. The number of sulfonamides is 1. The molecule has 7 heteroatoms. The maximum absolute atomic E-state index is 12.8. The minimum Gasteiger partial charge on any atom is -0.321 e. The number of rotatable bonds is 4. The second-order valence-corrected chi connectivity index (χ2v) is 9.88. The summed E-state index contributed by atoms with van der Waals surface area (Å²) in [6.45, 7) is 7.09. The largest absolute Gasteiger partial charge is 0.321 e. The molecule has 1 saturated heterocycles. The van der Waals surface area contributed by atoms with Gasteiger partial charge in [0.1, 0.15) is 0 Å². The van der Waals surface area contributed by atoms with E-state index in [2.05, 4.69) is 12.2 Å². The number of nitrogens with zero attached hydrogens (tertiary/aromatic N) is 1. The quantitative estimate of drug-likeness (QED) is 0.854. The molecule has 1 N–H and O–H groups in total. The molecule has 140 valence electrons. The van der Waals surface area contributed by atoms with Crippen molar-refractivity contribution in [2.45, 2.75) is 38.5 Å². The minimum absolute atomic E-state index is 0.211. The maximum atomic E-state index is 12.8. The van der Waals surface area contributed by atoms with E-state index in [0.717, 1.165) is 41.0 Å². The molecule has 1 aliphatic heterocycles. The van der Waals surface area contributed by atoms with Crippen LogP contribution in [0.15, 0.2) is 34.5 Å². The molecule has 2 heterocycles. The van der Waals surface area contributed by atoms with Crippen LogP contribution in [-0.4, -0.2) is 31.7 Å². The van der Waals surface area contributed by atoms with Crippen molar-refractivity contribution in [3.63, 3.8) is 0 Å². The molecule has 1 aliphatic rings. The molecule has 1 atom stereocenters. The van der Waals surface area contributed by atoms with Crippen LogP contribution in [0.2, 0.25) is 0 Å². The lowest BCUT2D eigenvalue weighted by molar-refractivity contribution is 0.103. The average molecular weight is 393 g/mol. The molecule has 0 unspecified atom stereocenters. The van der Waals surface area contributed by atoms with Gasteiger partial charge in [-0.25, -0.2) is 8.42 Å². The highest BCUT2D eigenvalue weighted by molar-refractivity contribution is 7.89. The fourth-order valence-electron chi connectivity index (χ4n) is 3.22. The highest BCUT2D eigenvalue weighted by Gasteiger charge is 2.30. The third-order valence-electron chi connectivity index (χ3n) is 4.69. The second-order valence-electron chi connectivity index (χ2n) is 7.03. The summed E-state index contributed by atoms with van der Waals surface area (Å²) >= 11 is 1.16. The van der Waals surface area contributed by atoms with Crippen molar-refractivity contribution < 1.29 is 13.2 Å². The monoisotopic (exact) mass is 392 g/mol. The van der Waals surface area contributed by atoms with Gasteiger partial charge in [0, 0.05) is 24.2 Å². The SMILES string of the molecule is Cc1ccc(NC(=O)c2cc(S(=O)(=O)N3CCC[C@@H](C)C3)cs2)c(C)c1. The highest BCUT2D eigenvalue weighted by Crippen LogP contribution is 2.27. The zero-order valence-electron chi connectivity index (χ0n) is 15.3. The van der Waals surface area contributed by atoms with Crippen molar-refractivity contribution in [1.82, 2.24) is 4.31 Å². The Balaban J connectivity index is 1.77. The lowest BCUT2D eigenvalue weighted by Crippen LogP contribution is -2.38. The van der Waals surface area contributed by atoms with Crippen molar-refractivity contribution >= 4 is 33.0 Å². The van der Waals surface area contributed by atoms with Crippen LogP contribution >= 0.6 is 11.3 Å². The molecule has 0 spiro atoms. The number of benzene rings is 1. The molecule has 1 amide bonds. The van der Waals surface area contributed by atoms with E-state index in [1.165, 1.54) is 10.4 Å². The molecular formula is C19H24N2O3S2. The van der Waals surface area contributed by atoms with Gasteiger partial charge in [0.05, 0.1) is 9.77 Å². The van der Waals surface area contributed by atoms with E-state index in [-0.39, 0.29) is 10.8 Å². The van der Waals surface area contributed by atoms with Crippen LogP contribution in [0.4, 0.5) is 5.69 Å². The predicted octanol–water partition coefficient (Wildman–Crippen LogP) is 4.04. The molecule has 1 aromatic heterocycles. The highest BCUT2D eigenvalue weighted by atomic mass is 32.2. The summed E-state index contributed by atoms with van der Waals surface area (Å²) in [4.78, 5) is 13.1. The smallest absolute Gasteiger partial charge is 0.265 e. The van der Waals surface area contributed by atoms with Gasteiger partial charge in [0.25, 0.3) is 5.91 Å². The number of anilines is 1. The van der Waals surface area contributed by atoms with Gasteiger partial charge in [-0.15, -0.1) is 11.3 Å². The molecule has 2 aromatic rings. The summed E-state index contributed by atoms with van der Waals surface area (Å²) in [5.74, 6) is 0.0832. The molecule has 1 fully saturated rings. The number of hydrogen-bond donors (Lipinski definition) is 1. The van der Waals surface area contributed by atoms with E-state index in [1.807, 2.05) is 32.0 Å². The van der Waals surface area contributed by atoms with Crippen molar-refractivity contribution in [2.75, 3.05) is 18.4 Å². The Kier molecular flexibility index (Phi) is 5.50. The second kappa shape index (κ2) is 7.50. The molecule has 0 radical (unpaired) electrons. The summed E-state index contributed by atoms with van der Waals surface area (Å²) < 4.78 is 27.2. The Morgan fingerprint density at radius 2 is 2.04 bits per heavy atom. The average Bonchev–Trinajstić information content (AvgIpc) is 3.08. The van der Waals surface area contributed by atoms with Crippen molar-refractivity contribution in [3.8, 4) is 0 Å². The van der Waals surface area contributed by atoms with Crippen LogP contribution in [0, 0.1) is 19.8 Å². The van der Waals surface area contributed by atoms with E-state index in [9.17, 15) is 13.2 Å². The van der Waals surface area contributed by atoms with Gasteiger partial charge in [-0.3, -0.25) is 4.79 Å². The molecule has 3 rings (SSSR count). The van der Waals surface area contributed by atoms with Crippen LogP contribution in [-0.2, 0) is 10.0 Å². The zero-order chi connectivity index (χ0) is 18.9. The predicted molar refractivity (Wildman–Crippen MR) is 105 cm³/mol. The van der Waals surface area contributed by atoms with Gasteiger partial charge >= 0.3 is 0 Å². The molecule has 0 bridgehead atoms. The van der Waals surface area contributed by atoms with Gasteiger partial charge < -0.3 is 5.32 Å².